The summed E-state index contributed by atoms with van der Waals surface area (Å²) in [6, 6.07) is 0. The molecule has 0 aromatic rings. The standard InChI is InChI=1S/C7H15NO3P/c1-6(12(9,10)11)7-2-4-8-5-3-7/h6-7H,2-5H2,1H3,(H2,9,10,11). The van der Waals surface area contributed by atoms with E-state index >= 15 is 0 Å². The van der Waals surface area contributed by atoms with Crippen LogP contribution in [0.5, 0.6) is 0 Å². The van der Waals surface area contributed by atoms with Crippen LogP contribution >= 0.6 is 7.60 Å². The number of hydrogen-bond acceptors (Lipinski definition) is 1. The van der Waals surface area contributed by atoms with Gasteiger partial charge in [-0.05, 0) is 18.8 Å². The van der Waals surface area contributed by atoms with Crippen LogP contribution in [0.3, 0.4) is 0 Å². The summed E-state index contributed by atoms with van der Waals surface area (Å²) in [6.45, 7) is 3.15. The molecule has 1 rings (SSSR count). The van der Waals surface area contributed by atoms with Crippen LogP contribution in [0.25, 0.3) is 0 Å². The first-order chi connectivity index (χ1) is 5.52. The smallest absolute Gasteiger partial charge is 0.324 e. The van der Waals surface area contributed by atoms with Gasteiger partial charge in [0.05, 0.1) is 5.66 Å². The summed E-state index contributed by atoms with van der Waals surface area (Å²) >= 11 is 0. The molecule has 1 saturated heterocycles. The highest BCUT2D eigenvalue weighted by molar-refractivity contribution is 7.52. The Bertz CT molecular complexity index is 185. The minimum atomic E-state index is -3.87. The van der Waals surface area contributed by atoms with Crippen LogP contribution in [0.2, 0.25) is 0 Å². The Morgan fingerprint density at radius 2 is 1.92 bits per heavy atom. The predicted octanol–water partition coefficient (Wildman–Crippen LogP) is 0.567. The lowest BCUT2D eigenvalue weighted by Crippen LogP contribution is -2.29. The van der Waals surface area contributed by atoms with Crippen molar-refractivity contribution in [2.24, 2.45) is 5.92 Å². The van der Waals surface area contributed by atoms with Crippen LogP contribution < -0.4 is 5.32 Å². The van der Waals surface area contributed by atoms with Gasteiger partial charge in [-0.15, -0.1) is 0 Å². The minimum absolute atomic E-state index is 0.156. The van der Waals surface area contributed by atoms with E-state index in [-0.39, 0.29) is 5.92 Å². The fourth-order valence-electron chi connectivity index (χ4n) is 1.53. The lowest BCUT2D eigenvalue weighted by atomic mass is 9.95. The Kier molecular flexibility index (Phi) is 3.29. The molecule has 1 heterocycles. The molecule has 71 valence electrons. The van der Waals surface area contributed by atoms with Crippen molar-refractivity contribution in [3.63, 3.8) is 0 Å². The maximum absolute atomic E-state index is 10.9. The highest BCUT2D eigenvalue weighted by Gasteiger charge is 2.32. The normalized spacial score (nSPS) is 23.9. The second kappa shape index (κ2) is 3.88. The molecule has 1 unspecified atom stereocenters. The fraction of sp³-hybridized carbons (Fsp3) is 1.00. The van der Waals surface area contributed by atoms with Gasteiger partial charge < -0.3 is 9.79 Å². The van der Waals surface area contributed by atoms with Gasteiger partial charge in [-0.1, -0.05) is 6.92 Å². The first-order valence-corrected chi connectivity index (χ1v) is 5.88. The third-order valence-electron chi connectivity index (χ3n) is 2.53. The van der Waals surface area contributed by atoms with Gasteiger partial charge in [-0.25, -0.2) is 5.32 Å². The largest absolute Gasteiger partial charge is 0.328 e. The monoisotopic (exact) mass is 192 g/mol. The summed E-state index contributed by atoms with van der Waals surface area (Å²) in [5.74, 6) is 0.156. The Morgan fingerprint density at radius 3 is 2.33 bits per heavy atom. The summed E-state index contributed by atoms with van der Waals surface area (Å²) in [5.41, 5.74) is -0.493. The molecular weight excluding hydrogens is 177 g/mol. The average molecular weight is 192 g/mol. The van der Waals surface area contributed by atoms with Crippen molar-refractivity contribution in [1.82, 2.24) is 5.32 Å². The van der Waals surface area contributed by atoms with Crippen LogP contribution in [0, 0.1) is 5.92 Å². The quantitative estimate of drug-likeness (QED) is 0.628. The summed E-state index contributed by atoms with van der Waals surface area (Å²) in [6.07, 6.45) is 1.65. The van der Waals surface area contributed by atoms with Gasteiger partial charge in [0, 0.05) is 13.1 Å². The van der Waals surface area contributed by atoms with Gasteiger partial charge in [-0.2, -0.15) is 0 Å². The molecule has 1 atom stereocenters. The molecule has 5 heteroatoms. The van der Waals surface area contributed by atoms with Crippen molar-refractivity contribution in [2.75, 3.05) is 13.1 Å². The molecule has 1 fully saturated rings. The van der Waals surface area contributed by atoms with Crippen LogP contribution in [-0.4, -0.2) is 28.5 Å². The Morgan fingerprint density at radius 1 is 1.42 bits per heavy atom. The highest BCUT2D eigenvalue weighted by atomic mass is 31.2. The molecule has 0 aromatic carbocycles. The number of piperidine rings is 1. The van der Waals surface area contributed by atoms with Crippen molar-refractivity contribution >= 4 is 7.60 Å². The van der Waals surface area contributed by atoms with Crippen molar-refractivity contribution in [2.45, 2.75) is 25.4 Å². The van der Waals surface area contributed by atoms with Crippen molar-refractivity contribution in [3.05, 3.63) is 0 Å². The molecule has 12 heavy (non-hydrogen) atoms. The van der Waals surface area contributed by atoms with Crippen LogP contribution in [-0.2, 0) is 4.57 Å². The first kappa shape index (κ1) is 10.2. The Hall–Kier alpha value is 0.110. The molecule has 1 radical (unpaired) electrons. The predicted molar refractivity (Wildman–Crippen MR) is 46.1 cm³/mol. The van der Waals surface area contributed by atoms with Gasteiger partial charge in [0.2, 0.25) is 0 Å². The maximum atomic E-state index is 10.9. The Balaban J connectivity index is 2.51. The number of hydrogen-bond donors (Lipinski definition) is 2. The molecule has 0 aliphatic carbocycles. The lowest BCUT2D eigenvalue weighted by Gasteiger charge is -2.27. The Labute approximate surface area is 72.5 Å². The molecule has 0 bridgehead atoms. The maximum Gasteiger partial charge on any atom is 0.328 e. The molecule has 1 aliphatic heterocycles. The van der Waals surface area contributed by atoms with E-state index in [4.69, 9.17) is 9.79 Å². The summed E-state index contributed by atoms with van der Waals surface area (Å²) in [4.78, 5) is 17.8. The van der Waals surface area contributed by atoms with Gasteiger partial charge in [0.25, 0.3) is 0 Å². The molecule has 1 aliphatic rings. The van der Waals surface area contributed by atoms with Crippen molar-refractivity contribution in [1.29, 1.82) is 0 Å². The van der Waals surface area contributed by atoms with E-state index in [2.05, 4.69) is 5.32 Å². The molecule has 2 N–H and O–H groups in total. The van der Waals surface area contributed by atoms with Gasteiger partial charge in [0.15, 0.2) is 0 Å². The fourth-order valence-corrected chi connectivity index (χ4v) is 2.37. The van der Waals surface area contributed by atoms with Crippen LogP contribution in [0.1, 0.15) is 19.8 Å². The second-order valence-electron chi connectivity index (χ2n) is 3.34. The van der Waals surface area contributed by atoms with E-state index in [1.54, 1.807) is 6.92 Å². The average Bonchev–Trinajstić information content (AvgIpc) is 2.03. The topological polar surface area (TPSA) is 71.6 Å². The molecular formula is C7H15NO3P. The van der Waals surface area contributed by atoms with Crippen molar-refractivity contribution < 1.29 is 14.4 Å². The molecule has 0 saturated carbocycles. The zero-order chi connectivity index (χ0) is 9.19. The lowest BCUT2D eigenvalue weighted by molar-refractivity contribution is 0.303. The molecule has 0 spiro atoms. The first-order valence-electron chi connectivity index (χ1n) is 4.20. The minimum Gasteiger partial charge on any atom is -0.324 e. The summed E-state index contributed by atoms with van der Waals surface area (Å²) in [5, 5.41) is 4.14. The highest BCUT2D eigenvalue weighted by Crippen LogP contribution is 2.46. The van der Waals surface area contributed by atoms with E-state index in [9.17, 15) is 4.57 Å². The summed E-state index contributed by atoms with van der Waals surface area (Å²) in [7, 11) is -3.87. The van der Waals surface area contributed by atoms with Gasteiger partial charge >= 0.3 is 7.60 Å². The van der Waals surface area contributed by atoms with E-state index < -0.39 is 13.3 Å². The van der Waals surface area contributed by atoms with E-state index in [1.165, 1.54) is 0 Å². The zero-order valence-electron chi connectivity index (χ0n) is 7.18. The third-order valence-corrected chi connectivity index (χ3v) is 4.01. The third kappa shape index (κ3) is 2.56. The van der Waals surface area contributed by atoms with Gasteiger partial charge in [0.1, 0.15) is 0 Å². The SMILES string of the molecule is CC(C1CC[N]CC1)P(=O)(O)O. The number of rotatable bonds is 2. The van der Waals surface area contributed by atoms with E-state index in [1.807, 2.05) is 0 Å². The molecule has 0 amide bonds. The van der Waals surface area contributed by atoms with Crippen LogP contribution in [0.4, 0.5) is 0 Å². The molecule has 0 aromatic heterocycles. The number of nitrogens with zero attached hydrogens (tertiary/aromatic N) is 1. The zero-order valence-corrected chi connectivity index (χ0v) is 8.07. The van der Waals surface area contributed by atoms with Crippen LogP contribution in [0.15, 0.2) is 0 Å². The second-order valence-corrected chi connectivity index (χ2v) is 5.33. The molecule has 4 nitrogen and oxygen atoms in total. The van der Waals surface area contributed by atoms with Gasteiger partial charge in [-0.3, -0.25) is 4.57 Å². The van der Waals surface area contributed by atoms with Crippen molar-refractivity contribution in [3.8, 4) is 0 Å². The van der Waals surface area contributed by atoms with E-state index in [0.29, 0.717) is 0 Å². The summed E-state index contributed by atoms with van der Waals surface area (Å²) < 4.78 is 10.9. The van der Waals surface area contributed by atoms with E-state index in [0.717, 1.165) is 25.9 Å².